The molecule has 0 spiro atoms. The first-order chi connectivity index (χ1) is 17.0. The number of hydrogen-bond acceptors (Lipinski definition) is 6. The van der Waals surface area contributed by atoms with E-state index in [0.29, 0.717) is 36.4 Å². The lowest BCUT2D eigenvalue weighted by Gasteiger charge is -2.31. The van der Waals surface area contributed by atoms with Crippen LogP contribution >= 0.6 is 0 Å². The maximum Gasteiger partial charge on any atom is 0.319 e. The fourth-order valence-corrected chi connectivity index (χ4v) is 4.38. The van der Waals surface area contributed by atoms with Crippen molar-refractivity contribution < 1.29 is 14.3 Å². The van der Waals surface area contributed by atoms with Crippen LogP contribution in [0, 0.1) is 0 Å². The Bertz CT molecular complexity index is 1160. The van der Waals surface area contributed by atoms with Crippen LogP contribution in [0.4, 0.5) is 0 Å². The van der Waals surface area contributed by atoms with E-state index in [1.54, 1.807) is 18.3 Å². The minimum Gasteiger partial charge on any atom is -0.480 e. The van der Waals surface area contributed by atoms with Gasteiger partial charge in [-0.2, -0.15) is 4.98 Å². The number of likely N-dealkylation sites (tertiary alicyclic amines) is 1. The summed E-state index contributed by atoms with van der Waals surface area (Å²) in [4.78, 5) is 27.6. The summed E-state index contributed by atoms with van der Waals surface area (Å²) < 4.78 is 12.5. The summed E-state index contributed by atoms with van der Waals surface area (Å²) in [6.45, 7) is 6.61. The minimum atomic E-state index is -0.0325. The quantitative estimate of drug-likeness (QED) is 0.452. The molecule has 3 aromatic rings. The maximum atomic E-state index is 12.8. The summed E-state index contributed by atoms with van der Waals surface area (Å²) in [6, 6.07) is 9.05. The van der Waals surface area contributed by atoms with Crippen molar-refractivity contribution in [1.82, 2.24) is 24.4 Å². The average Bonchev–Trinajstić information content (AvgIpc) is 3.35. The van der Waals surface area contributed by atoms with Crippen LogP contribution in [-0.4, -0.2) is 57.6 Å². The molecule has 0 unspecified atom stereocenters. The molecule has 8 heteroatoms. The molecule has 1 fully saturated rings. The van der Waals surface area contributed by atoms with Crippen molar-refractivity contribution in [2.45, 2.75) is 45.1 Å². The van der Waals surface area contributed by atoms with Gasteiger partial charge in [-0.25, -0.2) is 9.97 Å². The predicted molar refractivity (Wildman–Crippen MR) is 135 cm³/mol. The first-order valence-electron chi connectivity index (χ1n) is 12.0. The van der Waals surface area contributed by atoms with Gasteiger partial charge in [-0.3, -0.25) is 4.79 Å². The Morgan fingerprint density at radius 3 is 2.51 bits per heavy atom. The van der Waals surface area contributed by atoms with Gasteiger partial charge >= 0.3 is 6.01 Å². The van der Waals surface area contributed by atoms with Crippen LogP contribution in [0.1, 0.15) is 61.0 Å². The van der Waals surface area contributed by atoms with Gasteiger partial charge in [0.2, 0.25) is 11.8 Å². The molecule has 0 bridgehead atoms. The van der Waals surface area contributed by atoms with E-state index < -0.39 is 0 Å². The van der Waals surface area contributed by atoms with E-state index in [1.807, 2.05) is 11.1 Å². The Kier molecular flexibility index (Phi) is 7.80. The lowest BCUT2D eigenvalue weighted by atomic mass is 9.95. The van der Waals surface area contributed by atoms with Crippen molar-refractivity contribution in [3.05, 3.63) is 71.4 Å². The molecular weight excluding hydrogens is 442 g/mol. The number of nitrogens with zero attached hydrogens (tertiary/aromatic N) is 5. The van der Waals surface area contributed by atoms with Gasteiger partial charge < -0.3 is 18.9 Å². The van der Waals surface area contributed by atoms with Crippen LogP contribution in [-0.2, 0) is 11.3 Å². The normalized spacial score (nSPS) is 14.6. The van der Waals surface area contributed by atoms with Crippen LogP contribution < -0.4 is 9.47 Å². The van der Waals surface area contributed by atoms with Gasteiger partial charge in [0.1, 0.15) is 5.82 Å². The Morgan fingerprint density at radius 2 is 1.86 bits per heavy atom. The predicted octanol–water partition coefficient (Wildman–Crippen LogP) is 4.28. The van der Waals surface area contributed by atoms with Crippen LogP contribution in [0.3, 0.4) is 0 Å². The number of methoxy groups -OCH3 is 2. The molecule has 1 aromatic carbocycles. The smallest absolute Gasteiger partial charge is 0.319 e. The monoisotopic (exact) mass is 475 g/mol. The highest BCUT2D eigenvalue weighted by Gasteiger charge is 2.25. The molecule has 1 aliphatic rings. The van der Waals surface area contributed by atoms with E-state index in [2.05, 4.69) is 63.8 Å². The third-order valence-electron chi connectivity index (χ3n) is 6.46. The SMILES string of the molecule is COc1ncc(C=CC(=O)N2CCC(c3nccn3Cc3ccc(C(C)C)cc3)CC2)c(OC)n1. The summed E-state index contributed by atoms with van der Waals surface area (Å²) in [7, 11) is 3.02. The van der Waals surface area contributed by atoms with E-state index in [4.69, 9.17) is 9.47 Å². The highest BCUT2D eigenvalue weighted by molar-refractivity contribution is 5.92. The third-order valence-corrected chi connectivity index (χ3v) is 6.46. The summed E-state index contributed by atoms with van der Waals surface area (Å²) in [6.07, 6.45) is 10.5. The maximum absolute atomic E-state index is 12.8. The largest absolute Gasteiger partial charge is 0.480 e. The van der Waals surface area contributed by atoms with Crippen LogP contribution in [0.2, 0.25) is 0 Å². The Hall–Kier alpha value is -3.68. The van der Waals surface area contributed by atoms with Gasteiger partial charge in [0.15, 0.2) is 0 Å². The number of carbonyl (C=O) groups is 1. The van der Waals surface area contributed by atoms with Gasteiger partial charge in [0.25, 0.3) is 0 Å². The lowest BCUT2D eigenvalue weighted by molar-refractivity contribution is -0.127. The molecule has 0 N–H and O–H groups in total. The number of piperidine rings is 1. The highest BCUT2D eigenvalue weighted by Crippen LogP contribution is 2.28. The standard InChI is InChI=1S/C27H33N5O3/c1-19(2)21-7-5-20(6-8-21)18-32-16-13-28-25(32)22-11-14-31(15-12-22)24(33)10-9-23-17-29-27(35-4)30-26(23)34-3/h5-10,13,16-17,19,22H,11-12,14-15,18H2,1-4H3. The van der Waals surface area contributed by atoms with Crippen molar-refractivity contribution in [2.75, 3.05) is 27.3 Å². The van der Waals surface area contributed by atoms with Gasteiger partial charge in [0.05, 0.1) is 19.8 Å². The molecule has 35 heavy (non-hydrogen) atoms. The second-order valence-corrected chi connectivity index (χ2v) is 9.06. The van der Waals surface area contributed by atoms with E-state index in [-0.39, 0.29) is 11.9 Å². The summed E-state index contributed by atoms with van der Waals surface area (Å²) >= 11 is 0. The zero-order valence-electron chi connectivity index (χ0n) is 20.8. The van der Waals surface area contributed by atoms with Gasteiger partial charge in [-0.05, 0) is 36.0 Å². The number of rotatable bonds is 8. The zero-order chi connectivity index (χ0) is 24.8. The van der Waals surface area contributed by atoms with E-state index >= 15 is 0 Å². The van der Waals surface area contributed by atoms with E-state index in [1.165, 1.54) is 25.3 Å². The number of aromatic nitrogens is 4. The Morgan fingerprint density at radius 1 is 1.11 bits per heavy atom. The first-order valence-corrected chi connectivity index (χ1v) is 12.0. The van der Waals surface area contributed by atoms with E-state index in [0.717, 1.165) is 25.2 Å². The lowest BCUT2D eigenvalue weighted by Crippen LogP contribution is -2.37. The number of imidazole rings is 1. The summed E-state index contributed by atoms with van der Waals surface area (Å²) in [5, 5.41) is 0. The average molecular weight is 476 g/mol. The second kappa shape index (κ2) is 11.2. The molecule has 184 valence electrons. The minimum absolute atomic E-state index is 0.0325. The van der Waals surface area contributed by atoms with Crippen molar-refractivity contribution in [3.63, 3.8) is 0 Å². The second-order valence-electron chi connectivity index (χ2n) is 9.06. The molecule has 1 aliphatic heterocycles. The van der Waals surface area contributed by atoms with Gasteiger partial charge in [-0.1, -0.05) is 38.1 Å². The van der Waals surface area contributed by atoms with Crippen LogP contribution in [0.5, 0.6) is 11.9 Å². The number of hydrogen-bond donors (Lipinski definition) is 0. The molecule has 0 atom stereocenters. The van der Waals surface area contributed by atoms with Gasteiger partial charge in [0, 0.05) is 50.2 Å². The fourth-order valence-electron chi connectivity index (χ4n) is 4.38. The molecule has 1 saturated heterocycles. The number of amides is 1. The fraction of sp³-hybridized carbons (Fsp3) is 0.407. The molecular formula is C27H33N5O3. The third kappa shape index (κ3) is 5.88. The molecule has 0 saturated carbocycles. The number of ether oxygens (including phenoxy) is 2. The Labute approximate surface area is 206 Å². The molecule has 1 amide bonds. The highest BCUT2D eigenvalue weighted by atomic mass is 16.5. The molecule has 3 heterocycles. The summed E-state index contributed by atoms with van der Waals surface area (Å²) in [5.41, 5.74) is 3.24. The molecule has 0 radical (unpaired) electrons. The van der Waals surface area contributed by atoms with Crippen LogP contribution in [0.15, 0.2) is 48.9 Å². The molecule has 8 nitrogen and oxygen atoms in total. The number of benzene rings is 1. The molecule has 0 aliphatic carbocycles. The number of carbonyl (C=O) groups excluding carboxylic acids is 1. The molecule has 2 aromatic heterocycles. The Balaban J connectivity index is 1.35. The summed E-state index contributed by atoms with van der Waals surface area (Å²) in [5.74, 6) is 2.30. The van der Waals surface area contributed by atoms with Crippen molar-refractivity contribution >= 4 is 12.0 Å². The van der Waals surface area contributed by atoms with Crippen molar-refractivity contribution in [1.29, 1.82) is 0 Å². The van der Waals surface area contributed by atoms with E-state index in [9.17, 15) is 4.79 Å². The van der Waals surface area contributed by atoms with Gasteiger partial charge in [-0.15, -0.1) is 0 Å². The topological polar surface area (TPSA) is 82.4 Å². The zero-order valence-corrected chi connectivity index (χ0v) is 20.8. The van der Waals surface area contributed by atoms with Crippen LogP contribution in [0.25, 0.3) is 6.08 Å². The van der Waals surface area contributed by atoms with Crippen molar-refractivity contribution in [2.24, 2.45) is 0 Å². The first kappa shape index (κ1) is 24.4. The van der Waals surface area contributed by atoms with Crippen molar-refractivity contribution in [3.8, 4) is 11.9 Å². The molecule has 4 rings (SSSR count).